The highest BCUT2D eigenvalue weighted by Gasteiger charge is 2.30. The van der Waals surface area contributed by atoms with Gasteiger partial charge in [0.2, 0.25) is 0 Å². The minimum Gasteiger partial charge on any atom is -0.461 e. The van der Waals surface area contributed by atoms with Gasteiger partial charge in [0.05, 0.1) is 12.2 Å². The molecule has 7 heteroatoms. The molecule has 0 aromatic rings. The first kappa shape index (κ1) is 20.0. The summed E-state index contributed by atoms with van der Waals surface area (Å²) in [6.07, 6.45) is 3.34. The summed E-state index contributed by atoms with van der Waals surface area (Å²) in [5.41, 5.74) is -0.614. The van der Waals surface area contributed by atoms with Gasteiger partial charge in [-0.3, -0.25) is 0 Å². The third kappa shape index (κ3) is 7.68. The fourth-order valence-corrected chi connectivity index (χ4v) is 1.43. The van der Waals surface area contributed by atoms with Crippen LogP contribution in [-0.4, -0.2) is 30.8 Å². The molecule has 0 spiro atoms. The summed E-state index contributed by atoms with van der Waals surface area (Å²) in [5, 5.41) is 1.10. The van der Waals surface area contributed by atoms with Gasteiger partial charge in [0, 0.05) is 7.05 Å². The van der Waals surface area contributed by atoms with Crippen LogP contribution in [0, 0.1) is 0 Å². The van der Waals surface area contributed by atoms with E-state index < -0.39 is 17.7 Å². The van der Waals surface area contributed by atoms with Crippen LogP contribution in [0.1, 0.15) is 20.3 Å². The summed E-state index contributed by atoms with van der Waals surface area (Å²) in [6, 6.07) is 0. The number of carbonyl (C=O) groups excluding carboxylic acids is 1. The normalized spacial score (nSPS) is 14.0. The third-order valence-electron chi connectivity index (χ3n) is 2.40. The lowest BCUT2D eigenvalue weighted by molar-refractivity contribution is -0.140. The zero-order valence-corrected chi connectivity index (χ0v) is 12.9. The zero-order valence-electron chi connectivity index (χ0n) is 12.9. The van der Waals surface area contributed by atoms with Crippen LogP contribution in [0.3, 0.4) is 0 Å². The predicted molar refractivity (Wildman–Crippen MR) is 79.4 cm³/mol. The maximum atomic E-state index is 12.6. The fraction of sp³-hybridized carbons (Fsp3) is 0.400. The number of likely N-dealkylation sites (N-methyl/N-ethyl adjacent to an activating group) is 1. The van der Waals surface area contributed by atoms with Crippen LogP contribution in [0.15, 0.2) is 47.7 Å². The second-order valence-corrected chi connectivity index (χ2v) is 4.20. The molecule has 0 radical (unpaired) electrons. The van der Waals surface area contributed by atoms with E-state index in [4.69, 9.17) is 10.6 Å². The fourth-order valence-electron chi connectivity index (χ4n) is 1.43. The first-order valence-electron chi connectivity index (χ1n) is 6.66. The van der Waals surface area contributed by atoms with E-state index in [2.05, 4.69) is 0 Å². The van der Waals surface area contributed by atoms with E-state index in [1.165, 1.54) is 38.3 Å². The van der Waals surface area contributed by atoms with Crippen molar-refractivity contribution in [3.8, 4) is 0 Å². The summed E-state index contributed by atoms with van der Waals surface area (Å²) >= 11 is 0. The molecular formula is C15H21F3N2O2. The summed E-state index contributed by atoms with van der Waals surface area (Å²) < 4.78 is 42.6. The van der Waals surface area contributed by atoms with Crippen LogP contribution in [0.25, 0.3) is 0 Å². The molecule has 124 valence electrons. The Morgan fingerprint density at radius 1 is 1.36 bits per heavy atom. The van der Waals surface area contributed by atoms with Gasteiger partial charge < -0.3 is 9.75 Å². The lowest BCUT2D eigenvalue weighted by Crippen LogP contribution is -2.30. The monoisotopic (exact) mass is 318 g/mol. The quantitative estimate of drug-likeness (QED) is 0.257. The van der Waals surface area contributed by atoms with E-state index in [0.717, 1.165) is 17.2 Å². The Labute approximate surface area is 128 Å². The van der Waals surface area contributed by atoms with Crippen molar-refractivity contribution in [2.75, 3.05) is 13.7 Å². The number of hydrazine groups is 1. The number of allylic oxidation sites excluding steroid dienone is 7. The van der Waals surface area contributed by atoms with Crippen LogP contribution in [0.5, 0.6) is 0 Å². The van der Waals surface area contributed by atoms with Crippen molar-refractivity contribution in [3.63, 3.8) is 0 Å². The van der Waals surface area contributed by atoms with Gasteiger partial charge in [-0.1, -0.05) is 30.4 Å². The number of nitrogens with zero attached hydrogens (tertiary/aromatic N) is 1. The number of alkyl halides is 3. The molecular weight excluding hydrogens is 297 g/mol. The molecule has 0 rings (SSSR count). The van der Waals surface area contributed by atoms with Gasteiger partial charge in [-0.15, -0.1) is 0 Å². The van der Waals surface area contributed by atoms with E-state index in [9.17, 15) is 18.0 Å². The summed E-state index contributed by atoms with van der Waals surface area (Å²) in [6.45, 7) is 3.38. The largest absolute Gasteiger partial charge is 0.461 e. The van der Waals surface area contributed by atoms with Crippen molar-refractivity contribution in [2.45, 2.75) is 26.4 Å². The predicted octanol–water partition coefficient (Wildman–Crippen LogP) is 3.25. The molecule has 0 aliphatic carbocycles. The molecule has 0 saturated carbocycles. The number of hydrogen-bond acceptors (Lipinski definition) is 4. The highest BCUT2D eigenvalue weighted by atomic mass is 19.4. The molecule has 2 N–H and O–H groups in total. The van der Waals surface area contributed by atoms with E-state index in [0.29, 0.717) is 0 Å². The Morgan fingerprint density at radius 2 is 2.00 bits per heavy atom. The number of esters is 1. The van der Waals surface area contributed by atoms with Gasteiger partial charge in [-0.05, 0) is 26.3 Å². The number of halogens is 3. The van der Waals surface area contributed by atoms with Gasteiger partial charge in [-0.2, -0.15) is 13.2 Å². The Bertz CT molecular complexity index is 476. The zero-order chi connectivity index (χ0) is 17.2. The molecule has 0 saturated heterocycles. The number of nitrogens with two attached hydrogens (primary N) is 1. The SMILES string of the molecule is C\C=C/C(=C\C=C\C/C=C(/C(=O)OCC)N(C)N)C(F)(F)F. The number of rotatable bonds is 7. The average Bonchev–Trinajstić information content (AvgIpc) is 2.39. The van der Waals surface area contributed by atoms with Gasteiger partial charge >= 0.3 is 12.1 Å². The molecule has 22 heavy (non-hydrogen) atoms. The van der Waals surface area contributed by atoms with Gasteiger partial charge in [0.25, 0.3) is 0 Å². The summed E-state index contributed by atoms with van der Waals surface area (Å²) in [4.78, 5) is 11.6. The molecule has 0 aromatic carbocycles. The first-order valence-corrected chi connectivity index (χ1v) is 6.66. The standard InChI is InChI=1S/C15H21F3N2O2/c1-4-9-12(15(16,17)18)10-7-6-8-11-13(20(3)19)14(21)22-5-2/h4,6-7,9-11H,5,8,19H2,1-3H3/b7-6+,9-4-,12-10+,13-11-. The van der Waals surface area contributed by atoms with E-state index in [1.807, 2.05) is 0 Å². The molecule has 4 nitrogen and oxygen atoms in total. The maximum absolute atomic E-state index is 12.6. The van der Waals surface area contributed by atoms with Crippen molar-refractivity contribution < 1.29 is 22.7 Å². The van der Waals surface area contributed by atoms with Crippen molar-refractivity contribution in [3.05, 3.63) is 47.7 Å². The summed E-state index contributed by atoms with van der Waals surface area (Å²) in [5.74, 6) is 4.92. The second kappa shape index (κ2) is 9.83. The van der Waals surface area contributed by atoms with Gasteiger partial charge in [0.1, 0.15) is 5.70 Å². The molecule has 0 aromatic heterocycles. The molecule has 0 bridgehead atoms. The Hall–Kier alpha value is -2.02. The lowest BCUT2D eigenvalue weighted by atomic mass is 10.2. The van der Waals surface area contributed by atoms with Crippen molar-refractivity contribution in [2.24, 2.45) is 5.84 Å². The maximum Gasteiger partial charge on any atom is 0.416 e. The van der Waals surface area contributed by atoms with Crippen LogP contribution in [0.4, 0.5) is 13.2 Å². The average molecular weight is 318 g/mol. The Balaban J connectivity index is 4.89. The summed E-state index contributed by atoms with van der Waals surface area (Å²) in [7, 11) is 1.47. The highest BCUT2D eigenvalue weighted by Crippen LogP contribution is 2.26. The van der Waals surface area contributed by atoms with E-state index in [-0.39, 0.29) is 18.7 Å². The van der Waals surface area contributed by atoms with Gasteiger partial charge in [-0.25, -0.2) is 10.6 Å². The molecule has 0 aliphatic rings. The van der Waals surface area contributed by atoms with Gasteiger partial charge in [0.15, 0.2) is 0 Å². The smallest absolute Gasteiger partial charge is 0.416 e. The molecule has 0 aliphatic heterocycles. The first-order chi connectivity index (χ1) is 10.2. The Morgan fingerprint density at radius 3 is 2.45 bits per heavy atom. The van der Waals surface area contributed by atoms with Crippen LogP contribution in [0.2, 0.25) is 0 Å². The molecule has 0 amide bonds. The molecule has 0 fully saturated rings. The third-order valence-corrected chi connectivity index (χ3v) is 2.40. The highest BCUT2D eigenvalue weighted by molar-refractivity contribution is 5.87. The van der Waals surface area contributed by atoms with E-state index in [1.54, 1.807) is 6.92 Å². The molecule has 0 heterocycles. The lowest BCUT2D eigenvalue weighted by Gasteiger charge is -2.14. The second-order valence-electron chi connectivity index (χ2n) is 4.20. The Kier molecular flexibility index (Phi) is 8.93. The van der Waals surface area contributed by atoms with Crippen molar-refractivity contribution >= 4 is 5.97 Å². The van der Waals surface area contributed by atoms with E-state index >= 15 is 0 Å². The van der Waals surface area contributed by atoms with Crippen molar-refractivity contribution in [1.82, 2.24) is 5.01 Å². The van der Waals surface area contributed by atoms with Crippen LogP contribution < -0.4 is 5.84 Å². The minimum absolute atomic E-state index is 0.139. The van der Waals surface area contributed by atoms with Crippen LogP contribution in [-0.2, 0) is 9.53 Å². The number of carbonyl (C=O) groups is 1. The molecule has 0 unspecified atom stereocenters. The topological polar surface area (TPSA) is 55.6 Å². The number of ether oxygens (including phenoxy) is 1. The number of hydrogen-bond donors (Lipinski definition) is 1. The molecule has 0 atom stereocenters. The minimum atomic E-state index is -4.40. The van der Waals surface area contributed by atoms with Crippen LogP contribution >= 0.6 is 0 Å². The van der Waals surface area contributed by atoms with Crippen molar-refractivity contribution in [1.29, 1.82) is 0 Å².